The summed E-state index contributed by atoms with van der Waals surface area (Å²) in [6.45, 7) is 4.38. The minimum absolute atomic E-state index is 0.183. The van der Waals surface area contributed by atoms with E-state index < -0.39 is 23.5 Å². The molecule has 0 amide bonds. The summed E-state index contributed by atoms with van der Waals surface area (Å²) < 4.78 is 41.1. The Bertz CT molecular complexity index is 606. The monoisotopic (exact) mass is 294 g/mol. The molecule has 1 aromatic carbocycles. The largest absolute Gasteiger partial charge is 0.306 e. The molecule has 2 aromatic rings. The summed E-state index contributed by atoms with van der Waals surface area (Å²) in [6.07, 6.45) is 4.03. The van der Waals surface area contributed by atoms with E-state index in [9.17, 15) is 13.2 Å². The van der Waals surface area contributed by atoms with Gasteiger partial charge in [-0.15, -0.1) is 0 Å². The number of aromatic nitrogens is 1. The Hall–Kier alpha value is -1.88. The molecule has 112 valence electrons. The maximum absolute atomic E-state index is 14.0. The zero-order valence-electron chi connectivity index (χ0n) is 12.0. The first-order valence-electron chi connectivity index (χ1n) is 6.82. The molecule has 1 heterocycles. The number of benzene rings is 1. The van der Waals surface area contributed by atoms with Gasteiger partial charge in [0, 0.05) is 30.1 Å². The van der Waals surface area contributed by atoms with Gasteiger partial charge in [0.2, 0.25) is 0 Å². The lowest BCUT2D eigenvalue weighted by molar-refractivity contribution is 0.486. The number of pyridine rings is 1. The third-order valence-electron chi connectivity index (χ3n) is 3.16. The molecule has 21 heavy (non-hydrogen) atoms. The van der Waals surface area contributed by atoms with Gasteiger partial charge in [0.1, 0.15) is 17.5 Å². The minimum Gasteiger partial charge on any atom is -0.306 e. The van der Waals surface area contributed by atoms with Crippen molar-refractivity contribution in [3.63, 3.8) is 0 Å². The van der Waals surface area contributed by atoms with Gasteiger partial charge in [0.15, 0.2) is 0 Å². The summed E-state index contributed by atoms with van der Waals surface area (Å²) in [7, 11) is 0. The van der Waals surface area contributed by atoms with Gasteiger partial charge in [-0.05, 0) is 31.0 Å². The van der Waals surface area contributed by atoms with Gasteiger partial charge in [0.25, 0.3) is 0 Å². The summed E-state index contributed by atoms with van der Waals surface area (Å²) in [5, 5.41) is 3.09. The summed E-state index contributed by atoms with van der Waals surface area (Å²) in [5.74, 6) is -2.73. The van der Waals surface area contributed by atoms with Crippen molar-refractivity contribution in [2.45, 2.75) is 26.3 Å². The number of nitrogens with zero attached hydrogens (tertiary/aromatic N) is 1. The molecule has 0 saturated heterocycles. The highest BCUT2D eigenvalue weighted by molar-refractivity contribution is 5.34. The molecule has 1 aromatic heterocycles. The van der Waals surface area contributed by atoms with E-state index in [0.29, 0.717) is 24.2 Å². The van der Waals surface area contributed by atoms with E-state index in [-0.39, 0.29) is 5.56 Å². The Morgan fingerprint density at radius 2 is 1.76 bits per heavy atom. The number of hydrogen-bond acceptors (Lipinski definition) is 2. The maximum Gasteiger partial charge on any atom is 0.134 e. The molecule has 0 aliphatic rings. The number of hydrogen-bond donors (Lipinski definition) is 1. The minimum atomic E-state index is -0.926. The molecule has 2 rings (SSSR count). The van der Waals surface area contributed by atoms with Crippen molar-refractivity contribution in [2.75, 3.05) is 6.54 Å². The molecule has 0 radical (unpaired) electrons. The molecule has 0 fully saturated rings. The molecular formula is C16H17F3N2. The van der Waals surface area contributed by atoms with Crippen LogP contribution in [-0.2, 0) is 0 Å². The average Bonchev–Trinajstić information content (AvgIpc) is 2.41. The van der Waals surface area contributed by atoms with E-state index in [4.69, 9.17) is 0 Å². The molecule has 0 saturated carbocycles. The average molecular weight is 294 g/mol. The lowest BCUT2D eigenvalue weighted by Crippen LogP contribution is -2.25. The van der Waals surface area contributed by atoms with E-state index in [0.717, 1.165) is 12.0 Å². The van der Waals surface area contributed by atoms with E-state index in [1.807, 2.05) is 19.9 Å². The summed E-state index contributed by atoms with van der Waals surface area (Å²) in [6, 6.07) is 2.51. The number of aryl methyl sites for hydroxylation is 1. The summed E-state index contributed by atoms with van der Waals surface area (Å²) >= 11 is 0. The van der Waals surface area contributed by atoms with Gasteiger partial charge >= 0.3 is 0 Å². The zero-order valence-corrected chi connectivity index (χ0v) is 12.0. The van der Waals surface area contributed by atoms with Crippen molar-refractivity contribution in [1.82, 2.24) is 10.3 Å². The third kappa shape index (κ3) is 3.61. The first-order valence-corrected chi connectivity index (χ1v) is 6.82. The van der Waals surface area contributed by atoms with E-state index in [1.165, 1.54) is 0 Å². The van der Waals surface area contributed by atoms with E-state index in [2.05, 4.69) is 10.3 Å². The van der Waals surface area contributed by atoms with Crippen LogP contribution < -0.4 is 5.32 Å². The van der Waals surface area contributed by atoms with Gasteiger partial charge in [-0.3, -0.25) is 4.98 Å². The third-order valence-corrected chi connectivity index (χ3v) is 3.16. The van der Waals surface area contributed by atoms with Crippen molar-refractivity contribution in [3.05, 3.63) is 64.7 Å². The van der Waals surface area contributed by atoms with Crippen LogP contribution in [0.1, 0.15) is 36.1 Å². The highest BCUT2D eigenvalue weighted by atomic mass is 19.1. The van der Waals surface area contributed by atoms with Crippen LogP contribution in [-0.4, -0.2) is 11.5 Å². The van der Waals surface area contributed by atoms with Crippen molar-refractivity contribution in [1.29, 1.82) is 0 Å². The Balaban J connectivity index is 2.50. The van der Waals surface area contributed by atoms with Gasteiger partial charge in [-0.2, -0.15) is 0 Å². The van der Waals surface area contributed by atoms with Crippen LogP contribution in [0.5, 0.6) is 0 Å². The van der Waals surface area contributed by atoms with Crippen LogP contribution in [0.2, 0.25) is 0 Å². The highest BCUT2D eigenvalue weighted by Crippen LogP contribution is 2.27. The van der Waals surface area contributed by atoms with Crippen LogP contribution in [0.3, 0.4) is 0 Å². The van der Waals surface area contributed by atoms with Crippen LogP contribution in [0, 0.1) is 24.4 Å². The second kappa shape index (κ2) is 6.72. The lowest BCUT2D eigenvalue weighted by atomic mass is 9.97. The standard InChI is InChI=1S/C16H17F3N2/c1-3-4-21-16(11-5-10(2)8-20-9-11)15-13(18)6-12(17)7-14(15)19/h5-9,16,21H,3-4H2,1-2H3. The summed E-state index contributed by atoms with van der Waals surface area (Å²) in [5.41, 5.74) is 1.35. The Morgan fingerprint density at radius 1 is 1.10 bits per heavy atom. The first kappa shape index (κ1) is 15.5. The maximum atomic E-state index is 14.0. The summed E-state index contributed by atoms with van der Waals surface area (Å²) in [4.78, 5) is 4.06. The lowest BCUT2D eigenvalue weighted by Gasteiger charge is -2.21. The Labute approximate surface area is 122 Å². The second-order valence-electron chi connectivity index (χ2n) is 4.97. The van der Waals surface area contributed by atoms with Gasteiger partial charge < -0.3 is 5.32 Å². The molecule has 0 aliphatic carbocycles. The molecule has 0 bridgehead atoms. The predicted octanol–water partition coefficient (Wildman–Crippen LogP) is 3.90. The SMILES string of the molecule is CCCNC(c1cncc(C)c1)c1c(F)cc(F)cc1F. The van der Waals surface area contributed by atoms with E-state index >= 15 is 0 Å². The Kier molecular flexibility index (Phi) is 4.96. The molecule has 2 nitrogen and oxygen atoms in total. The molecule has 5 heteroatoms. The zero-order chi connectivity index (χ0) is 15.4. The van der Waals surface area contributed by atoms with Gasteiger partial charge in [0.05, 0.1) is 6.04 Å². The normalized spacial score (nSPS) is 12.4. The molecule has 1 N–H and O–H groups in total. The van der Waals surface area contributed by atoms with Gasteiger partial charge in [-0.1, -0.05) is 13.0 Å². The quantitative estimate of drug-likeness (QED) is 0.904. The van der Waals surface area contributed by atoms with Gasteiger partial charge in [-0.25, -0.2) is 13.2 Å². The number of rotatable bonds is 5. The fourth-order valence-corrected chi connectivity index (χ4v) is 2.24. The Morgan fingerprint density at radius 3 is 2.33 bits per heavy atom. The van der Waals surface area contributed by atoms with Crippen LogP contribution in [0.15, 0.2) is 30.6 Å². The van der Waals surface area contributed by atoms with Crippen molar-refractivity contribution < 1.29 is 13.2 Å². The van der Waals surface area contributed by atoms with Crippen molar-refractivity contribution in [2.24, 2.45) is 0 Å². The molecule has 1 atom stereocenters. The first-order chi connectivity index (χ1) is 10.0. The molecule has 0 aliphatic heterocycles. The fourth-order valence-electron chi connectivity index (χ4n) is 2.24. The van der Waals surface area contributed by atoms with Crippen LogP contribution >= 0.6 is 0 Å². The van der Waals surface area contributed by atoms with E-state index in [1.54, 1.807) is 12.4 Å². The van der Waals surface area contributed by atoms with Crippen LogP contribution in [0.25, 0.3) is 0 Å². The highest BCUT2D eigenvalue weighted by Gasteiger charge is 2.23. The molecular weight excluding hydrogens is 277 g/mol. The smallest absolute Gasteiger partial charge is 0.134 e. The molecule has 0 spiro atoms. The van der Waals surface area contributed by atoms with Crippen LogP contribution in [0.4, 0.5) is 13.2 Å². The topological polar surface area (TPSA) is 24.9 Å². The van der Waals surface area contributed by atoms with Crippen molar-refractivity contribution >= 4 is 0 Å². The predicted molar refractivity (Wildman–Crippen MR) is 75.4 cm³/mol. The second-order valence-corrected chi connectivity index (χ2v) is 4.97. The number of nitrogens with one attached hydrogen (secondary N) is 1. The molecule has 1 unspecified atom stereocenters. The van der Waals surface area contributed by atoms with Crippen molar-refractivity contribution in [3.8, 4) is 0 Å². The number of halogens is 3. The fraction of sp³-hybridized carbons (Fsp3) is 0.312.